The fourth-order valence-corrected chi connectivity index (χ4v) is 3.65. The third-order valence-electron chi connectivity index (χ3n) is 5.06. The summed E-state index contributed by atoms with van der Waals surface area (Å²) in [6.45, 7) is 5.40. The number of benzene rings is 1. The van der Waals surface area contributed by atoms with E-state index in [9.17, 15) is 0 Å². The number of para-hydroxylation sites is 1. The lowest BCUT2D eigenvalue weighted by Gasteiger charge is -2.34. The zero-order chi connectivity index (χ0) is 16.4. The van der Waals surface area contributed by atoms with Crippen molar-refractivity contribution in [2.24, 2.45) is 4.99 Å². The maximum Gasteiger partial charge on any atom is 0.127 e. The summed E-state index contributed by atoms with van der Waals surface area (Å²) < 4.78 is 11.3. The number of hydrogen-bond donors (Lipinski definition) is 1. The van der Waals surface area contributed by atoms with Gasteiger partial charge in [0.1, 0.15) is 18.3 Å². The molecule has 128 valence electrons. The lowest BCUT2D eigenvalue weighted by Crippen LogP contribution is -2.39. The van der Waals surface area contributed by atoms with Crippen molar-refractivity contribution < 1.29 is 9.47 Å². The molecule has 3 heterocycles. The molecule has 1 saturated heterocycles. The largest absolute Gasteiger partial charge is 0.493 e. The number of ether oxygens (including phenoxy) is 2. The van der Waals surface area contributed by atoms with E-state index in [4.69, 9.17) is 14.5 Å². The topological polar surface area (TPSA) is 46.1 Å². The van der Waals surface area contributed by atoms with E-state index in [2.05, 4.69) is 47.6 Å². The molecular formula is C19H25N3O2. The van der Waals surface area contributed by atoms with E-state index in [1.807, 2.05) is 0 Å². The van der Waals surface area contributed by atoms with Crippen molar-refractivity contribution in [3.63, 3.8) is 0 Å². The summed E-state index contributed by atoms with van der Waals surface area (Å²) in [5.74, 6) is 2.00. The number of nitrogens with one attached hydrogen (secondary N) is 1. The van der Waals surface area contributed by atoms with E-state index in [-0.39, 0.29) is 6.04 Å². The van der Waals surface area contributed by atoms with Crippen LogP contribution in [0.15, 0.2) is 35.5 Å². The molecule has 3 aliphatic rings. The van der Waals surface area contributed by atoms with Crippen molar-refractivity contribution in [1.82, 2.24) is 10.2 Å². The van der Waals surface area contributed by atoms with Crippen LogP contribution in [0.3, 0.4) is 0 Å². The molecule has 1 aromatic rings. The van der Waals surface area contributed by atoms with Gasteiger partial charge >= 0.3 is 0 Å². The van der Waals surface area contributed by atoms with Crippen molar-refractivity contribution in [2.45, 2.75) is 38.3 Å². The summed E-state index contributed by atoms with van der Waals surface area (Å²) in [6.07, 6.45) is 7.44. The summed E-state index contributed by atoms with van der Waals surface area (Å²) in [4.78, 5) is 7.03. The van der Waals surface area contributed by atoms with Crippen LogP contribution in [-0.2, 0) is 11.2 Å². The molecule has 1 fully saturated rings. The minimum Gasteiger partial charge on any atom is -0.493 e. The van der Waals surface area contributed by atoms with Gasteiger partial charge in [0.15, 0.2) is 0 Å². The average Bonchev–Trinajstić information content (AvgIpc) is 3.12. The highest BCUT2D eigenvalue weighted by atomic mass is 16.5. The highest BCUT2D eigenvalue weighted by Gasteiger charge is 2.22. The molecule has 4 rings (SSSR count). The molecule has 3 aliphatic heterocycles. The van der Waals surface area contributed by atoms with E-state index < -0.39 is 0 Å². The molecule has 1 aromatic carbocycles. The normalized spacial score (nSPS) is 21.9. The van der Waals surface area contributed by atoms with Gasteiger partial charge in [0.05, 0.1) is 12.6 Å². The van der Waals surface area contributed by atoms with Gasteiger partial charge in [-0.2, -0.15) is 0 Å². The lowest BCUT2D eigenvalue weighted by molar-refractivity contribution is 0.0499. The highest BCUT2D eigenvalue weighted by Crippen LogP contribution is 2.33. The molecule has 0 unspecified atom stereocenters. The van der Waals surface area contributed by atoms with Crippen LogP contribution in [0.1, 0.15) is 36.9 Å². The summed E-state index contributed by atoms with van der Waals surface area (Å²) in [7, 11) is 0. The summed E-state index contributed by atoms with van der Waals surface area (Å²) in [6, 6.07) is 7.15. The average molecular weight is 327 g/mol. The third-order valence-corrected chi connectivity index (χ3v) is 5.06. The summed E-state index contributed by atoms with van der Waals surface area (Å²) in [5.41, 5.74) is 2.53. The molecule has 0 aliphatic carbocycles. The van der Waals surface area contributed by atoms with Gasteiger partial charge < -0.3 is 19.7 Å². The Morgan fingerprint density at radius 1 is 1.25 bits per heavy atom. The van der Waals surface area contributed by atoms with E-state index in [0.717, 1.165) is 57.3 Å². The van der Waals surface area contributed by atoms with Crippen molar-refractivity contribution in [1.29, 1.82) is 0 Å². The minimum atomic E-state index is 0.177. The maximum absolute atomic E-state index is 5.82. The van der Waals surface area contributed by atoms with E-state index >= 15 is 0 Å². The Hall–Kier alpha value is -2.01. The molecule has 0 saturated carbocycles. The molecule has 5 heteroatoms. The first-order valence-corrected chi connectivity index (χ1v) is 8.88. The quantitative estimate of drug-likeness (QED) is 0.927. The zero-order valence-corrected chi connectivity index (χ0v) is 14.2. The first-order valence-electron chi connectivity index (χ1n) is 8.88. The first kappa shape index (κ1) is 15.5. The van der Waals surface area contributed by atoms with Gasteiger partial charge in [0.25, 0.3) is 0 Å². The Morgan fingerprint density at radius 3 is 2.92 bits per heavy atom. The number of aliphatic imine (C=N–C) groups is 1. The predicted molar refractivity (Wildman–Crippen MR) is 94.3 cm³/mol. The van der Waals surface area contributed by atoms with Gasteiger partial charge in [0, 0.05) is 37.4 Å². The Balaban J connectivity index is 1.39. The van der Waals surface area contributed by atoms with E-state index in [1.165, 1.54) is 11.1 Å². The fraction of sp³-hybridized carbons (Fsp3) is 0.526. The van der Waals surface area contributed by atoms with Crippen LogP contribution in [0, 0.1) is 0 Å². The number of rotatable bonds is 3. The molecule has 0 amide bonds. The van der Waals surface area contributed by atoms with Crippen LogP contribution >= 0.6 is 0 Å². The van der Waals surface area contributed by atoms with Crippen molar-refractivity contribution >= 4 is 5.84 Å². The number of nitrogens with zero attached hydrogens (tertiary/aromatic N) is 2. The summed E-state index contributed by atoms with van der Waals surface area (Å²) in [5, 5.41) is 3.52. The van der Waals surface area contributed by atoms with Gasteiger partial charge in [-0.1, -0.05) is 18.2 Å². The van der Waals surface area contributed by atoms with Crippen LogP contribution in [0.4, 0.5) is 0 Å². The first-order chi connectivity index (χ1) is 11.8. The number of amidine groups is 1. The fourth-order valence-electron chi connectivity index (χ4n) is 3.65. The van der Waals surface area contributed by atoms with Crippen LogP contribution in [0.5, 0.6) is 5.75 Å². The van der Waals surface area contributed by atoms with Crippen LogP contribution in [0.25, 0.3) is 0 Å². The molecule has 0 bridgehead atoms. The standard InChI is InChI=1S/C19H25N3O2/c1-14(17-4-2-3-15-6-12-24-19(15)17)21-18-5-9-22(13-20-18)16-7-10-23-11-8-16/h2-5,9,14,16H,6-8,10-13H2,1H3,(H,20,21)/t14-/m0/s1. The second-order valence-corrected chi connectivity index (χ2v) is 6.66. The van der Waals surface area contributed by atoms with Crippen molar-refractivity contribution in [3.05, 3.63) is 41.6 Å². The number of fused-ring (bicyclic) bond motifs is 1. The van der Waals surface area contributed by atoms with Gasteiger partial charge in [0.2, 0.25) is 0 Å². The van der Waals surface area contributed by atoms with Gasteiger partial charge in [-0.15, -0.1) is 0 Å². The van der Waals surface area contributed by atoms with E-state index in [1.54, 1.807) is 0 Å². The summed E-state index contributed by atoms with van der Waals surface area (Å²) >= 11 is 0. The lowest BCUT2D eigenvalue weighted by atomic mass is 10.0. The second kappa shape index (κ2) is 6.85. The smallest absolute Gasteiger partial charge is 0.127 e. The maximum atomic E-state index is 5.82. The van der Waals surface area contributed by atoms with Crippen molar-refractivity contribution in [2.75, 3.05) is 26.5 Å². The van der Waals surface area contributed by atoms with Crippen LogP contribution in [-0.4, -0.2) is 43.3 Å². The van der Waals surface area contributed by atoms with Gasteiger partial charge in [-0.05, 0) is 31.4 Å². The van der Waals surface area contributed by atoms with Crippen LogP contribution in [0.2, 0.25) is 0 Å². The Bertz CT molecular complexity index is 650. The minimum absolute atomic E-state index is 0.177. The van der Waals surface area contributed by atoms with Crippen LogP contribution < -0.4 is 10.1 Å². The predicted octanol–water partition coefficient (Wildman–Crippen LogP) is 2.64. The van der Waals surface area contributed by atoms with E-state index in [0.29, 0.717) is 6.04 Å². The van der Waals surface area contributed by atoms with Gasteiger partial charge in [-0.25, -0.2) is 4.99 Å². The Labute approximate surface area is 143 Å². The molecule has 5 nitrogen and oxygen atoms in total. The number of hydrogen-bond acceptors (Lipinski definition) is 5. The monoisotopic (exact) mass is 327 g/mol. The molecule has 1 N–H and O–H groups in total. The Kier molecular flexibility index (Phi) is 4.43. The molecule has 0 radical (unpaired) electrons. The third kappa shape index (κ3) is 3.13. The molecule has 24 heavy (non-hydrogen) atoms. The molecule has 1 atom stereocenters. The molecular weight excluding hydrogens is 302 g/mol. The van der Waals surface area contributed by atoms with Crippen molar-refractivity contribution in [3.8, 4) is 5.75 Å². The van der Waals surface area contributed by atoms with Gasteiger partial charge in [-0.3, -0.25) is 0 Å². The second-order valence-electron chi connectivity index (χ2n) is 6.66. The molecule has 0 aromatic heterocycles. The zero-order valence-electron chi connectivity index (χ0n) is 14.2. The Morgan fingerprint density at radius 2 is 2.12 bits per heavy atom. The highest BCUT2D eigenvalue weighted by molar-refractivity contribution is 5.93. The SMILES string of the molecule is C[C@H](NC1=NCN(C2CCOCC2)C=C1)c1cccc2c1OCC2. The molecule has 0 spiro atoms.